The number of aliphatic hydroxyl groups excluding tert-OH is 1. The van der Waals surface area contributed by atoms with Crippen LogP contribution in [-0.4, -0.2) is 96.2 Å². The molecule has 5 rings (SSSR count). The number of amides is 3. The van der Waals surface area contributed by atoms with Gasteiger partial charge in [-0.25, -0.2) is 0 Å². The van der Waals surface area contributed by atoms with Gasteiger partial charge < -0.3 is 30.7 Å². The third-order valence-electron chi connectivity index (χ3n) is 9.07. The van der Waals surface area contributed by atoms with Crippen LogP contribution in [0.3, 0.4) is 0 Å². The number of hydrogen-bond acceptors (Lipinski definition) is 7. The summed E-state index contributed by atoms with van der Waals surface area (Å²) in [5.41, 5.74) is 0.939. The maximum Gasteiger partial charge on any atom is 0.246 e. The van der Waals surface area contributed by atoms with E-state index in [0.717, 1.165) is 43.4 Å². The number of carbonyl (C=O) groups is 3. The highest BCUT2D eigenvalue weighted by atomic mass is 35.5. The minimum Gasteiger partial charge on any atom is -0.493 e. The quantitative estimate of drug-likeness (QED) is 0.370. The molecule has 0 aromatic heterocycles. The molecule has 3 aliphatic heterocycles. The third kappa shape index (κ3) is 7.46. The smallest absolute Gasteiger partial charge is 0.246 e. The number of rotatable bonds is 7. The molecule has 12 heteroatoms. The van der Waals surface area contributed by atoms with Crippen LogP contribution in [-0.2, 0) is 14.4 Å². The van der Waals surface area contributed by atoms with Crippen molar-refractivity contribution in [2.45, 2.75) is 88.2 Å². The number of nitrogens with one attached hydrogen (secondary N) is 3. The van der Waals surface area contributed by atoms with Crippen LogP contribution in [0.2, 0.25) is 0 Å². The summed E-state index contributed by atoms with van der Waals surface area (Å²) in [6.45, 7) is 3.51. The monoisotopic (exact) mass is 613 g/mol. The van der Waals surface area contributed by atoms with Crippen LogP contribution in [0.5, 0.6) is 5.75 Å². The van der Waals surface area contributed by atoms with Crippen LogP contribution < -0.4 is 20.7 Å². The molecule has 1 aromatic rings. The van der Waals surface area contributed by atoms with Crippen LogP contribution in [0, 0.1) is 5.92 Å². The number of para-hydroxylation sites is 1. The SMILES string of the molecule is CN[C@@H](C)C(=O)N[C@H](C(=O)N1C[C@H]2C[C@@H](O)CN2C[C@H]1C(=O)N[C@H]1CCOc2ccccc21)C1CCCCC1.Cl.Cl. The first kappa shape index (κ1) is 33.4. The van der Waals surface area contributed by atoms with E-state index in [1.165, 1.54) is 0 Å². The number of benzene rings is 1. The number of ether oxygens (including phenoxy) is 1. The fourth-order valence-electron chi connectivity index (χ4n) is 6.71. The first-order chi connectivity index (χ1) is 18.9. The van der Waals surface area contributed by atoms with Crippen molar-refractivity contribution in [3.05, 3.63) is 29.8 Å². The second-order valence-electron chi connectivity index (χ2n) is 11.6. The minimum atomic E-state index is -0.709. The minimum absolute atomic E-state index is 0. The number of hydrogen-bond donors (Lipinski definition) is 4. The van der Waals surface area contributed by atoms with E-state index in [9.17, 15) is 19.5 Å². The first-order valence-corrected chi connectivity index (χ1v) is 14.6. The normalized spacial score (nSPS) is 27.5. The molecule has 6 atom stereocenters. The van der Waals surface area contributed by atoms with E-state index in [1.54, 1.807) is 18.9 Å². The van der Waals surface area contributed by atoms with Gasteiger partial charge in [0.25, 0.3) is 0 Å². The van der Waals surface area contributed by atoms with Crippen LogP contribution in [0.15, 0.2) is 24.3 Å². The number of likely N-dealkylation sites (N-methyl/N-ethyl adjacent to an activating group) is 1. The molecule has 4 N–H and O–H groups in total. The number of halogens is 2. The number of fused-ring (bicyclic) bond motifs is 2. The van der Waals surface area contributed by atoms with Crippen LogP contribution >= 0.6 is 24.8 Å². The van der Waals surface area contributed by atoms with E-state index < -0.39 is 24.2 Å². The zero-order valence-electron chi connectivity index (χ0n) is 23.9. The van der Waals surface area contributed by atoms with Gasteiger partial charge >= 0.3 is 0 Å². The Bertz CT molecular complexity index is 1060. The van der Waals surface area contributed by atoms with E-state index in [-0.39, 0.29) is 60.5 Å². The fraction of sp³-hybridized carbons (Fsp3) is 0.690. The molecule has 0 spiro atoms. The lowest BCUT2D eigenvalue weighted by Crippen LogP contribution is -2.66. The van der Waals surface area contributed by atoms with Crippen molar-refractivity contribution in [3.8, 4) is 5.75 Å². The molecule has 41 heavy (non-hydrogen) atoms. The maximum atomic E-state index is 14.3. The van der Waals surface area contributed by atoms with E-state index in [2.05, 4.69) is 20.9 Å². The van der Waals surface area contributed by atoms with Crippen LogP contribution in [0.25, 0.3) is 0 Å². The van der Waals surface area contributed by atoms with Gasteiger partial charge in [0.2, 0.25) is 17.7 Å². The highest BCUT2D eigenvalue weighted by Crippen LogP contribution is 2.33. The molecule has 2 saturated heterocycles. The second kappa shape index (κ2) is 14.9. The molecule has 0 radical (unpaired) electrons. The molecular formula is C29H45Cl2N5O5. The van der Waals surface area contributed by atoms with E-state index in [0.29, 0.717) is 39.1 Å². The predicted octanol–water partition coefficient (Wildman–Crippen LogP) is 1.79. The highest BCUT2D eigenvalue weighted by Gasteiger charge is 2.47. The van der Waals surface area contributed by atoms with Crippen molar-refractivity contribution < 1.29 is 24.2 Å². The lowest BCUT2D eigenvalue weighted by molar-refractivity contribution is -0.149. The highest BCUT2D eigenvalue weighted by molar-refractivity contribution is 5.93. The van der Waals surface area contributed by atoms with E-state index in [4.69, 9.17) is 4.74 Å². The third-order valence-corrected chi connectivity index (χ3v) is 9.07. The van der Waals surface area contributed by atoms with Crippen molar-refractivity contribution in [1.29, 1.82) is 0 Å². The summed E-state index contributed by atoms with van der Waals surface area (Å²) >= 11 is 0. The Morgan fingerprint density at radius 2 is 1.76 bits per heavy atom. The van der Waals surface area contributed by atoms with Crippen molar-refractivity contribution in [3.63, 3.8) is 0 Å². The number of aliphatic hydroxyl groups is 1. The molecule has 3 amide bonds. The summed E-state index contributed by atoms with van der Waals surface area (Å²) in [6, 6.07) is 5.70. The Kier molecular flexibility index (Phi) is 12.1. The first-order valence-electron chi connectivity index (χ1n) is 14.6. The average molecular weight is 615 g/mol. The lowest BCUT2D eigenvalue weighted by Gasteiger charge is -2.45. The van der Waals surface area contributed by atoms with Gasteiger partial charge in [0.1, 0.15) is 17.8 Å². The van der Waals surface area contributed by atoms with Gasteiger partial charge in [0, 0.05) is 37.7 Å². The summed E-state index contributed by atoms with van der Waals surface area (Å²) in [5, 5.41) is 19.6. The fourth-order valence-corrected chi connectivity index (χ4v) is 6.71. The standard InChI is InChI=1S/C29H43N5O5.2ClH/c1-18(30-2)27(36)32-26(19-8-4-3-5-9-19)29(38)34-15-20-14-21(35)16-33(20)17-24(34)28(37)31-23-12-13-39-25-11-7-6-10-22(23)25;;/h6-7,10-11,18-21,23-24,26,30,35H,3-5,8-9,12-17H2,1-2H3,(H,31,37)(H,32,36);2*1H/t18-,20+,21+,23-,24-,26-;;/m0../s1. The molecule has 230 valence electrons. The molecule has 0 bridgehead atoms. The Hall–Kier alpha value is -2.11. The topological polar surface area (TPSA) is 123 Å². The zero-order chi connectivity index (χ0) is 27.5. The Labute approximate surface area is 255 Å². The molecule has 1 aromatic carbocycles. The van der Waals surface area contributed by atoms with Gasteiger partial charge in [-0.05, 0) is 45.2 Å². The van der Waals surface area contributed by atoms with E-state index >= 15 is 0 Å². The maximum absolute atomic E-state index is 14.3. The Morgan fingerprint density at radius 1 is 1.02 bits per heavy atom. The molecule has 1 aliphatic carbocycles. The van der Waals surface area contributed by atoms with Gasteiger partial charge in [0.15, 0.2) is 0 Å². The van der Waals surface area contributed by atoms with Gasteiger partial charge in [-0.1, -0.05) is 37.5 Å². The zero-order valence-corrected chi connectivity index (χ0v) is 25.6. The molecule has 3 heterocycles. The summed E-state index contributed by atoms with van der Waals surface area (Å²) in [5.74, 6) is 0.204. The number of carbonyl (C=O) groups excluding carboxylic acids is 3. The van der Waals surface area contributed by atoms with Crippen molar-refractivity contribution in [2.24, 2.45) is 5.92 Å². The molecule has 0 unspecified atom stereocenters. The molecular weight excluding hydrogens is 569 g/mol. The summed E-state index contributed by atoms with van der Waals surface area (Å²) in [7, 11) is 1.72. The van der Waals surface area contributed by atoms with Crippen molar-refractivity contribution in [2.75, 3.05) is 33.3 Å². The second-order valence-corrected chi connectivity index (χ2v) is 11.6. The van der Waals surface area contributed by atoms with Gasteiger partial charge in [-0.3, -0.25) is 19.3 Å². The molecule has 4 aliphatic rings. The van der Waals surface area contributed by atoms with Crippen molar-refractivity contribution >= 4 is 42.5 Å². The van der Waals surface area contributed by atoms with Gasteiger partial charge in [0.05, 0.1) is 24.8 Å². The average Bonchev–Trinajstić information content (AvgIpc) is 3.33. The van der Waals surface area contributed by atoms with Crippen LogP contribution in [0.4, 0.5) is 0 Å². The summed E-state index contributed by atoms with van der Waals surface area (Å²) < 4.78 is 5.78. The summed E-state index contributed by atoms with van der Waals surface area (Å²) in [4.78, 5) is 45.0. The Balaban J connectivity index is 0.00000231. The van der Waals surface area contributed by atoms with Gasteiger partial charge in [-0.15, -0.1) is 24.8 Å². The summed E-state index contributed by atoms with van der Waals surface area (Å²) in [6.07, 6.45) is 5.70. The van der Waals surface area contributed by atoms with Crippen LogP contribution in [0.1, 0.15) is 63.5 Å². The number of nitrogens with zero attached hydrogens (tertiary/aromatic N) is 2. The van der Waals surface area contributed by atoms with Gasteiger partial charge in [-0.2, -0.15) is 0 Å². The predicted molar refractivity (Wildman–Crippen MR) is 160 cm³/mol. The van der Waals surface area contributed by atoms with Crippen molar-refractivity contribution in [1.82, 2.24) is 25.8 Å². The molecule has 1 saturated carbocycles. The molecule has 10 nitrogen and oxygen atoms in total. The lowest BCUT2D eigenvalue weighted by atomic mass is 9.82. The largest absolute Gasteiger partial charge is 0.493 e. The number of piperazine rings is 1. The van der Waals surface area contributed by atoms with E-state index in [1.807, 2.05) is 24.3 Å². The molecule has 3 fully saturated rings. The Morgan fingerprint density at radius 3 is 2.49 bits per heavy atom.